The summed E-state index contributed by atoms with van der Waals surface area (Å²) in [6.45, 7) is 5.72. The molecule has 0 fully saturated rings. The summed E-state index contributed by atoms with van der Waals surface area (Å²) in [4.78, 5) is 17.7. The van der Waals surface area contributed by atoms with Gasteiger partial charge in [0.1, 0.15) is 11.5 Å². The smallest absolute Gasteiger partial charge is 0.259 e. The minimum absolute atomic E-state index is 0.220. The second-order valence-electron chi connectivity index (χ2n) is 7.06. The van der Waals surface area contributed by atoms with Crippen molar-refractivity contribution in [1.82, 2.24) is 30.1 Å². The van der Waals surface area contributed by atoms with Crippen molar-refractivity contribution in [3.05, 3.63) is 65.1 Å². The molecule has 0 aliphatic carbocycles. The van der Waals surface area contributed by atoms with Crippen LogP contribution in [0.25, 0.3) is 28.0 Å². The fourth-order valence-corrected chi connectivity index (χ4v) is 3.56. The average Bonchev–Trinajstić information content (AvgIpc) is 3.42. The fraction of sp³-hybridized carbons (Fsp3) is 0.190. The molecule has 9 nitrogen and oxygen atoms in total. The standard InChI is InChI=1S/C21H18N6O3/c1-11-8-14(13(3)29-11)16-9-15(19-12(2)26-30-21(19)23-16)20(28)22-10-18-25-24-17-6-4-5-7-27(17)18/h4-9H,10H2,1-3H3,(H,22,28). The molecule has 0 saturated heterocycles. The van der Waals surface area contributed by atoms with Crippen molar-refractivity contribution in [2.45, 2.75) is 27.3 Å². The van der Waals surface area contributed by atoms with E-state index in [-0.39, 0.29) is 12.5 Å². The maximum atomic E-state index is 13.1. The zero-order valence-corrected chi connectivity index (χ0v) is 16.6. The van der Waals surface area contributed by atoms with Crippen molar-refractivity contribution in [3.8, 4) is 11.3 Å². The highest BCUT2D eigenvalue weighted by atomic mass is 16.5. The number of hydrogen-bond donors (Lipinski definition) is 1. The van der Waals surface area contributed by atoms with E-state index in [1.165, 1.54) is 0 Å². The molecule has 0 aliphatic heterocycles. The van der Waals surface area contributed by atoms with Crippen LogP contribution >= 0.6 is 0 Å². The molecule has 0 unspecified atom stereocenters. The van der Waals surface area contributed by atoms with Gasteiger partial charge in [-0.2, -0.15) is 0 Å². The summed E-state index contributed by atoms with van der Waals surface area (Å²) in [5, 5.41) is 15.7. The van der Waals surface area contributed by atoms with Crippen LogP contribution in [0.4, 0.5) is 0 Å². The van der Waals surface area contributed by atoms with Crippen LogP contribution < -0.4 is 5.32 Å². The summed E-state index contributed by atoms with van der Waals surface area (Å²) < 4.78 is 12.8. The molecule has 0 saturated carbocycles. The van der Waals surface area contributed by atoms with E-state index in [0.29, 0.717) is 33.9 Å². The van der Waals surface area contributed by atoms with E-state index in [2.05, 4.69) is 25.7 Å². The van der Waals surface area contributed by atoms with Gasteiger partial charge in [-0.15, -0.1) is 10.2 Å². The van der Waals surface area contributed by atoms with E-state index in [0.717, 1.165) is 22.7 Å². The summed E-state index contributed by atoms with van der Waals surface area (Å²) in [6, 6.07) is 9.25. The lowest BCUT2D eigenvalue weighted by atomic mass is 10.1. The maximum Gasteiger partial charge on any atom is 0.259 e. The predicted molar refractivity (Wildman–Crippen MR) is 108 cm³/mol. The predicted octanol–water partition coefficient (Wildman–Crippen LogP) is 3.38. The molecular formula is C21H18N6O3. The lowest BCUT2D eigenvalue weighted by molar-refractivity contribution is 0.0951. The largest absolute Gasteiger partial charge is 0.466 e. The first-order chi connectivity index (χ1) is 14.5. The summed E-state index contributed by atoms with van der Waals surface area (Å²) in [6.07, 6.45) is 1.85. The lowest BCUT2D eigenvalue weighted by Crippen LogP contribution is -2.24. The van der Waals surface area contributed by atoms with Gasteiger partial charge < -0.3 is 14.3 Å². The molecule has 0 aliphatic rings. The summed E-state index contributed by atoms with van der Waals surface area (Å²) in [7, 11) is 0. The van der Waals surface area contributed by atoms with Gasteiger partial charge in [0.25, 0.3) is 11.6 Å². The summed E-state index contributed by atoms with van der Waals surface area (Å²) >= 11 is 0. The van der Waals surface area contributed by atoms with Crippen molar-refractivity contribution >= 4 is 22.7 Å². The number of furan rings is 1. The van der Waals surface area contributed by atoms with Crippen LogP contribution in [0, 0.1) is 20.8 Å². The van der Waals surface area contributed by atoms with Gasteiger partial charge in [0.05, 0.1) is 28.9 Å². The van der Waals surface area contributed by atoms with Gasteiger partial charge in [0, 0.05) is 11.8 Å². The summed E-state index contributed by atoms with van der Waals surface area (Å²) in [5.74, 6) is 1.84. The Morgan fingerprint density at radius 2 is 2.03 bits per heavy atom. The number of aromatic nitrogens is 5. The number of fused-ring (bicyclic) bond motifs is 2. The van der Waals surface area contributed by atoms with Crippen LogP contribution in [0.1, 0.15) is 33.4 Å². The Bertz CT molecular complexity index is 1410. The molecule has 5 aromatic rings. The topological polar surface area (TPSA) is 111 Å². The van der Waals surface area contributed by atoms with Crippen molar-refractivity contribution in [1.29, 1.82) is 0 Å². The van der Waals surface area contributed by atoms with Crippen molar-refractivity contribution in [2.75, 3.05) is 0 Å². The van der Waals surface area contributed by atoms with Crippen LogP contribution in [0.5, 0.6) is 0 Å². The third kappa shape index (κ3) is 2.91. The normalized spacial score (nSPS) is 11.4. The third-order valence-corrected chi connectivity index (χ3v) is 4.97. The van der Waals surface area contributed by atoms with E-state index in [4.69, 9.17) is 8.94 Å². The molecule has 5 aromatic heterocycles. The highest BCUT2D eigenvalue weighted by Gasteiger charge is 2.21. The zero-order valence-electron chi connectivity index (χ0n) is 16.6. The quantitative estimate of drug-likeness (QED) is 0.490. The minimum Gasteiger partial charge on any atom is -0.466 e. The first kappa shape index (κ1) is 18.0. The molecule has 0 atom stereocenters. The molecule has 0 radical (unpaired) electrons. The molecule has 1 N–H and O–H groups in total. The second kappa shape index (κ2) is 6.80. The SMILES string of the molecule is Cc1cc(-c2cc(C(=O)NCc3nnc4ccccn34)c3c(C)noc3n2)c(C)o1. The number of rotatable bonds is 4. The van der Waals surface area contributed by atoms with E-state index in [1.807, 2.05) is 48.7 Å². The Morgan fingerprint density at radius 3 is 2.83 bits per heavy atom. The molecular weight excluding hydrogens is 384 g/mol. The monoisotopic (exact) mass is 402 g/mol. The number of amides is 1. The molecule has 5 rings (SSSR count). The Hall–Kier alpha value is -4.01. The van der Waals surface area contributed by atoms with Crippen LogP contribution in [0.3, 0.4) is 0 Å². The van der Waals surface area contributed by atoms with Gasteiger partial charge in [-0.25, -0.2) is 4.98 Å². The third-order valence-electron chi connectivity index (χ3n) is 4.97. The van der Waals surface area contributed by atoms with Crippen molar-refractivity contribution < 1.29 is 13.7 Å². The average molecular weight is 402 g/mol. The van der Waals surface area contributed by atoms with Crippen LogP contribution in [0.2, 0.25) is 0 Å². The van der Waals surface area contributed by atoms with Crippen LogP contribution in [-0.4, -0.2) is 30.6 Å². The highest BCUT2D eigenvalue weighted by molar-refractivity contribution is 6.07. The van der Waals surface area contributed by atoms with Gasteiger partial charge in [-0.3, -0.25) is 9.20 Å². The molecule has 9 heteroatoms. The number of nitrogens with one attached hydrogen (secondary N) is 1. The molecule has 0 spiro atoms. The zero-order chi connectivity index (χ0) is 20.8. The number of hydrogen-bond acceptors (Lipinski definition) is 7. The molecule has 0 aromatic carbocycles. The minimum atomic E-state index is -0.277. The van der Waals surface area contributed by atoms with Crippen LogP contribution in [-0.2, 0) is 6.54 Å². The van der Waals surface area contributed by atoms with E-state index in [9.17, 15) is 4.79 Å². The second-order valence-corrected chi connectivity index (χ2v) is 7.06. The number of pyridine rings is 2. The highest BCUT2D eigenvalue weighted by Crippen LogP contribution is 2.30. The Kier molecular flexibility index (Phi) is 4.09. The van der Waals surface area contributed by atoms with Gasteiger partial charge in [0.2, 0.25) is 0 Å². The molecule has 30 heavy (non-hydrogen) atoms. The first-order valence-corrected chi connectivity index (χ1v) is 9.42. The summed E-state index contributed by atoms with van der Waals surface area (Å²) in [5.41, 5.74) is 3.45. The number of aryl methyl sites for hydroxylation is 3. The van der Waals surface area contributed by atoms with Gasteiger partial charge in [-0.05, 0) is 45.0 Å². The Morgan fingerprint density at radius 1 is 1.17 bits per heavy atom. The molecule has 1 amide bonds. The Labute approximate surface area is 170 Å². The number of carbonyl (C=O) groups excluding carboxylic acids is 1. The molecule has 0 bridgehead atoms. The molecule has 5 heterocycles. The fourth-order valence-electron chi connectivity index (χ4n) is 3.56. The molecule has 150 valence electrons. The van der Waals surface area contributed by atoms with Gasteiger partial charge in [0.15, 0.2) is 11.5 Å². The Balaban J connectivity index is 1.53. The van der Waals surface area contributed by atoms with Gasteiger partial charge >= 0.3 is 0 Å². The van der Waals surface area contributed by atoms with Crippen molar-refractivity contribution in [3.63, 3.8) is 0 Å². The number of nitrogens with zero attached hydrogens (tertiary/aromatic N) is 5. The number of carbonyl (C=O) groups is 1. The van der Waals surface area contributed by atoms with Crippen molar-refractivity contribution in [2.24, 2.45) is 0 Å². The van der Waals surface area contributed by atoms with E-state index < -0.39 is 0 Å². The maximum absolute atomic E-state index is 13.1. The van der Waals surface area contributed by atoms with E-state index in [1.54, 1.807) is 13.0 Å². The van der Waals surface area contributed by atoms with Gasteiger partial charge in [-0.1, -0.05) is 11.2 Å². The van der Waals surface area contributed by atoms with Crippen LogP contribution in [0.15, 0.2) is 45.5 Å². The van der Waals surface area contributed by atoms with E-state index >= 15 is 0 Å². The lowest BCUT2D eigenvalue weighted by Gasteiger charge is -2.07. The first-order valence-electron chi connectivity index (χ1n) is 9.42.